The maximum atomic E-state index is 5.96. The SMILES string of the molecule is CNC(Cc1ccn(C2CCCC2)n1)c1ccc(Cl)cc1. The van der Waals surface area contributed by atoms with Crippen molar-refractivity contribution in [1.29, 1.82) is 0 Å². The van der Waals surface area contributed by atoms with Crippen LogP contribution in [-0.4, -0.2) is 16.8 Å². The third kappa shape index (κ3) is 3.47. The van der Waals surface area contributed by atoms with Crippen LogP contribution in [0.1, 0.15) is 49.0 Å². The fourth-order valence-corrected chi connectivity index (χ4v) is 3.28. The lowest BCUT2D eigenvalue weighted by Crippen LogP contribution is -2.19. The van der Waals surface area contributed by atoms with E-state index in [9.17, 15) is 0 Å². The molecule has 1 aliphatic rings. The maximum Gasteiger partial charge on any atom is 0.0643 e. The van der Waals surface area contributed by atoms with Crippen molar-refractivity contribution in [2.75, 3.05) is 7.05 Å². The van der Waals surface area contributed by atoms with E-state index in [0.29, 0.717) is 6.04 Å². The number of rotatable bonds is 5. The number of benzene rings is 1. The van der Waals surface area contributed by atoms with Gasteiger partial charge < -0.3 is 5.32 Å². The van der Waals surface area contributed by atoms with Gasteiger partial charge in [0.15, 0.2) is 0 Å². The molecule has 1 aliphatic carbocycles. The highest BCUT2D eigenvalue weighted by Crippen LogP contribution is 2.29. The smallest absolute Gasteiger partial charge is 0.0643 e. The minimum atomic E-state index is 0.272. The Kier molecular flexibility index (Phi) is 4.61. The lowest BCUT2D eigenvalue weighted by Gasteiger charge is -2.16. The average Bonchev–Trinajstić information content (AvgIpc) is 3.17. The number of aromatic nitrogens is 2. The lowest BCUT2D eigenvalue weighted by molar-refractivity contribution is 0.459. The molecule has 1 atom stereocenters. The van der Waals surface area contributed by atoms with Gasteiger partial charge in [-0.05, 0) is 43.7 Å². The van der Waals surface area contributed by atoms with Gasteiger partial charge in [0, 0.05) is 23.7 Å². The van der Waals surface area contributed by atoms with E-state index in [4.69, 9.17) is 16.7 Å². The van der Waals surface area contributed by atoms with E-state index < -0.39 is 0 Å². The van der Waals surface area contributed by atoms with Gasteiger partial charge in [-0.15, -0.1) is 0 Å². The first-order valence-electron chi connectivity index (χ1n) is 7.73. The predicted molar refractivity (Wildman–Crippen MR) is 86.7 cm³/mol. The Labute approximate surface area is 131 Å². The molecule has 0 radical (unpaired) electrons. The highest BCUT2D eigenvalue weighted by Gasteiger charge is 2.18. The second kappa shape index (κ2) is 6.63. The number of hydrogen-bond acceptors (Lipinski definition) is 2. The van der Waals surface area contributed by atoms with Crippen LogP contribution in [0, 0.1) is 0 Å². The maximum absolute atomic E-state index is 5.96. The quantitative estimate of drug-likeness (QED) is 0.899. The minimum absolute atomic E-state index is 0.272. The van der Waals surface area contributed by atoms with Crippen molar-refractivity contribution in [3.63, 3.8) is 0 Å². The second-order valence-electron chi connectivity index (χ2n) is 5.82. The van der Waals surface area contributed by atoms with Gasteiger partial charge in [-0.1, -0.05) is 36.6 Å². The zero-order valence-electron chi connectivity index (χ0n) is 12.4. The van der Waals surface area contributed by atoms with Crippen LogP contribution in [0.2, 0.25) is 5.02 Å². The van der Waals surface area contributed by atoms with Gasteiger partial charge in [0.2, 0.25) is 0 Å². The summed E-state index contributed by atoms with van der Waals surface area (Å²) in [6, 6.07) is 11.1. The van der Waals surface area contributed by atoms with Crippen LogP contribution >= 0.6 is 11.6 Å². The first-order chi connectivity index (χ1) is 10.3. The van der Waals surface area contributed by atoms with Crippen molar-refractivity contribution in [2.24, 2.45) is 0 Å². The summed E-state index contributed by atoms with van der Waals surface area (Å²) in [6.07, 6.45) is 8.26. The van der Waals surface area contributed by atoms with Crippen LogP contribution in [0.3, 0.4) is 0 Å². The van der Waals surface area contributed by atoms with Crippen molar-refractivity contribution in [3.8, 4) is 0 Å². The van der Waals surface area contributed by atoms with Crippen molar-refractivity contribution in [3.05, 3.63) is 52.8 Å². The molecule has 2 aromatic rings. The highest BCUT2D eigenvalue weighted by molar-refractivity contribution is 6.30. The van der Waals surface area contributed by atoms with E-state index in [0.717, 1.165) is 17.1 Å². The monoisotopic (exact) mass is 303 g/mol. The Balaban J connectivity index is 1.70. The zero-order valence-corrected chi connectivity index (χ0v) is 13.2. The summed E-state index contributed by atoms with van der Waals surface area (Å²) in [5.74, 6) is 0. The lowest BCUT2D eigenvalue weighted by atomic mass is 10.0. The first kappa shape index (κ1) is 14.6. The third-order valence-corrected chi connectivity index (χ3v) is 4.65. The van der Waals surface area contributed by atoms with Crippen molar-refractivity contribution in [2.45, 2.75) is 44.2 Å². The molecule has 0 spiro atoms. The molecule has 0 amide bonds. The molecule has 1 heterocycles. The predicted octanol–water partition coefficient (Wildman–Crippen LogP) is 4.15. The third-order valence-electron chi connectivity index (χ3n) is 4.40. The molecule has 0 aliphatic heterocycles. The molecule has 112 valence electrons. The summed E-state index contributed by atoms with van der Waals surface area (Å²) in [5.41, 5.74) is 2.40. The average molecular weight is 304 g/mol. The summed E-state index contributed by atoms with van der Waals surface area (Å²) in [7, 11) is 1.99. The van der Waals surface area contributed by atoms with E-state index >= 15 is 0 Å². The molecule has 3 rings (SSSR count). The van der Waals surface area contributed by atoms with Crippen molar-refractivity contribution in [1.82, 2.24) is 15.1 Å². The largest absolute Gasteiger partial charge is 0.313 e. The molecule has 21 heavy (non-hydrogen) atoms. The Morgan fingerprint density at radius 2 is 1.95 bits per heavy atom. The van der Waals surface area contributed by atoms with E-state index in [1.807, 2.05) is 19.2 Å². The summed E-state index contributed by atoms with van der Waals surface area (Å²) >= 11 is 5.96. The molecule has 1 saturated carbocycles. The Morgan fingerprint density at radius 3 is 2.62 bits per heavy atom. The highest BCUT2D eigenvalue weighted by atomic mass is 35.5. The number of hydrogen-bond donors (Lipinski definition) is 1. The summed E-state index contributed by atoms with van der Waals surface area (Å²) in [4.78, 5) is 0. The second-order valence-corrected chi connectivity index (χ2v) is 6.26. The topological polar surface area (TPSA) is 29.9 Å². The molecule has 3 nitrogen and oxygen atoms in total. The van der Waals surface area contributed by atoms with Gasteiger partial charge in [-0.3, -0.25) is 4.68 Å². The summed E-state index contributed by atoms with van der Waals surface area (Å²) in [6.45, 7) is 0. The molecule has 0 saturated heterocycles. The fraction of sp³-hybridized carbons (Fsp3) is 0.471. The summed E-state index contributed by atoms with van der Waals surface area (Å²) < 4.78 is 2.16. The van der Waals surface area contributed by atoms with Gasteiger partial charge in [-0.25, -0.2) is 0 Å². The molecule has 1 fully saturated rings. The molecule has 1 aromatic heterocycles. The standard InChI is InChI=1S/C17H22ClN3/c1-19-17(13-6-8-14(18)9-7-13)12-15-10-11-21(20-15)16-4-2-3-5-16/h6-11,16-17,19H,2-5,12H2,1H3. The van der Waals surface area contributed by atoms with E-state index in [1.165, 1.54) is 31.2 Å². The van der Waals surface area contributed by atoms with Crippen LogP contribution in [0.5, 0.6) is 0 Å². The Bertz CT molecular complexity index is 570. The molecule has 1 aromatic carbocycles. The molecule has 4 heteroatoms. The Morgan fingerprint density at radius 1 is 1.24 bits per heavy atom. The summed E-state index contributed by atoms with van der Waals surface area (Å²) in [5, 5.41) is 8.92. The number of likely N-dealkylation sites (N-methyl/N-ethyl adjacent to an activating group) is 1. The van der Waals surface area contributed by atoms with E-state index in [1.54, 1.807) is 0 Å². The van der Waals surface area contributed by atoms with Crippen LogP contribution < -0.4 is 5.32 Å². The van der Waals surface area contributed by atoms with Crippen molar-refractivity contribution >= 4 is 11.6 Å². The molecular weight excluding hydrogens is 282 g/mol. The Hall–Kier alpha value is -1.32. The molecule has 0 bridgehead atoms. The van der Waals surface area contributed by atoms with Gasteiger partial charge in [0.1, 0.15) is 0 Å². The van der Waals surface area contributed by atoms with Crippen molar-refractivity contribution < 1.29 is 0 Å². The van der Waals surface area contributed by atoms with Gasteiger partial charge >= 0.3 is 0 Å². The van der Waals surface area contributed by atoms with Gasteiger partial charge in [0.05, 0.1) is 11.7 Å². The molecular formula is C17H22ClN3. The molecule has 1 unspecified atom stereocenters. The number of nitrogens with zero attached hydrogens (tertiary/aromatic N) is 2. The van der Waals surface area contributed by atoms with Gasteiger partial charge in [-0.2, -0.15) is 5.10 Å². The van der Waals surface area contributed by atoms with Crippen LogP contribution in [0.25, 0.3) is 0 Å². The van der Waals surface area contributed by atoms with E-state index in [-0.39, 0.29) is 6.04 Å². The van der Waals surface area contributed by atoms with Crippen LogP contribution in [0.15, 0.2) is 36.5 Å². The van der Waals surface area contributed by atoms with Crippen LogP contribution in [-0.2, 0) is 6.42 Å². The molecule has 1 N–H and O–H groups in total. The van der Waals surface area contributed by atoms with Gasteiger partial charge in [0.25, 0.3) is 0 Å². The first-order valence-corrected chi connectivity index (χ1v) is 8.11. The van der Waals surface area contributed by atoms with Crippen LogP contribution in [0.4, 0.5) is 0 Å². The fourth-order valence-electron chi connectivity index (χ4n) is 3.15. The van der Waals surface area contributed by atoms with E-state index in [2.05, 4.69) is 34.4 Å². The number of nitrogens with one attached hydrogen (secondary N) is 1. The normalized spacial score (nSPS) is 17.2. The zero-order chi connectivity index (χ0) is 14.7. The number of halogens is 1. The minimum Gasteiger partial charge on any atom is -0.313 e.